The molecule has 3 nitrogen and oxygen atoms in total. The summed E-state index contributed by atoms with van der Waals surface area (Å²) in [5.74, 6) is 1.73. The Balaban J connectivity index is 0.00000256. The minimum atomic E-state index is 0. The van der Waals surface area contributed by atoms with Crippen LogP contribution < -0.4 is 5.32 Å². The van der Waals surface area contributed by atoms with Crippen molar-refractivity contribution < 1.29 is 4.79 Å². The van der Waals surface area contributed by atoms with Gasteiger partial charge in [-0.2, -0.15) is 11.8 Å². The first kappa shape index (κ1) is 17.1. The molecule has 1 unspecified atom stereocenters. The molecule has 1 rings (SSSR count). The normalized spacial score (nSPS) is 18.3. The second-order valence-electron chi connectivity index (χ2n) is 4.60. The van der Waals surface area contributed by atoms with Crippen molar-refractivity contribution in [2.75, 3.05) is 32.1 Å². The summed E-state index contributed by atoms with van der Waals surface area (Å²) in [5, 5.41) is 3.30. The Morgan fingerprint density at radius 2 is 2.06 bits per heavy atom. The molecule has 1 amide bonds. The fourth-order valence-corrected chi connectivity index (χ4v) is 2.63. The van der Waals surface area contributed by atoms with Crippen molar-refractivity contribution >= 4 is 30.1 Å². The van der Waals surface area contributed by atoms with Gasteiger partial charge in [-0.1, -0.05) is 0 Å². The van der Waals surface area contributed by atoms with E-state index in [1.54, 1.807) is 0 Å². The summed E-state index contributed by atoms with van der Waals surface area (Å²) in [6.45, 7) is 4.13. The van der Waals surface area contributed by atoms with Gasteiger partial charge in [0.15, 0.2) is 0 Å². The van der Waals surface area contributed by atoms with E-state index in [-0.39, 0.29) is 18.3 Å². The smallest absolute Gasteiger partial charge is 0.225 e. The number of nitrogens with one attached hydrogen (secondary N) is 1. The first-order valence-corrected chi connectivity index (χ1v) is 7.52. The molecule has 1 fully saturated rings. The summed E-state index contributed by atoms with van der Waals surface area (Å²) in [4.78, 5) is 14.1. The summed E-state index contributed by atoms with van der Waals surface area (Å²) in [7, 11) is 1.95. The van der Waals surface area contributed by atoms with Gasteiger partial charge in [-0.3, -0.25) is 4.79 Å². The van der Waals surface area contributed by atoms with Crippen LogP contribution in [-0.2, 0) is 4.79 Å². The van der Waals surface area contributed by atoms with Crippen LogP contribution in [0.15, 0.2) is 0 Å². The zero-order valence-electron chi connectivity index (χ0n) is 11.1. The van der Waals surface area contributed by atoms with Gasteiger partial charge in [-0.25, -0.2) is 0 Å². The van der Waals surface area contributed by atoms with Gasteiger partial charge in [0.2, 0.25) is 5.91 Å². The van der Waals surface area contributed by atoms with Crippen LogP contribution in [0.4, 0.5) is 0 Å². The number of hydrogen-bond donors (Lipinski definition) is 1. The maximum Gasteiger partial charge on any atom is 0.225 e. The minimum absolute atomic E-state index is 0. The second-order valence-corrected chi connectivity index (χ2v) is 5.59. The largest absolute Gasteiger partial charge is 0.343 e. The molecule has 1 aliphatic heterocycles. The van der Waals surface area contributed by atoms with E-state index in [1.165, 1.54) is 0 Å². The van der Waals surface area contributed by atoms with Crippen molar-refractivity contribution in [1.82, 2.24) is 10.2 Å². The zero-order chi connectivity index (χ0) is 12.0. The van der Waals surface area contributed by atoms with Crippen molar-refractivity contribution in [3.05, 3.63) is 0 Å². The lowest BCUT2D eigenvalue weighted by Gasteiger charge is -2.31. The van der Waals surface area contributed by atoms with Crippen molar-refractivity contribution in [3.63, 3.8) is 0 Å². The molecule has 1 heterocycles. The Bertz CT molecular complexity index is 223. The molecule has 1 atom stereocenters. The third kappa shape index (κ3) is 5.49. The minimum Gasteiger partial charge on any atom is -0.343 e. The van der Waals surface area contributed by atoms with Gasteiger partial charge in [0, 0.05) is 19.0 Å². The number of carbonyl (C=O) groups is 1. The number of halogens is 1. The fraction of sp³-hybridized carbons (Fsp3) is 0.917. The molecule has 0 spiro atoms. The zero-order valence-corrected chi connectivity index (χ0v) is 12.7. The lowest BCUT2D eigenvalue weighted by Crippen LogP contribution is -2.43. The third-order valence-corrected chi connectivity index (χ3v) is 4.08. The van der Waals surface area contributed by atoms with Crippen molar-refractivity contribution in [1.29, 1.82) is 0 Å². The number of hydrogen-bond acceptors (Lipinski definition) is 3. The first-order chi connectivity index (χ1) is 7.66. The number of piperidine rings is 1. The third-order valence-electron chi connectivity index (χ3n) is 3.44. The van der Waals surface area contributed by atoms with Gasteiger partial charge >= 0.3 is 0 Å². The van der Waals surface area contributed by atoms with Crippen LogP contribution in [0, 0.1) is 5.92 Å². The van der Waals surface area contributed by atoms with E-state index < -0.39 is 0 Å². The fourth-order valence-electron chi connectivity index (χ4n) is 2.06. The molecule has 0 radical (unpaired) electrons. The molecular formula is C12H25ClN2OS. The molecule has 102 valence electrons. The molecule has 0 aromatic carbocycles. The lowest BCUT2D eigenvalue weighted by atomic mass is 9.96. The summed E-state index contributed by atoms with van der Waals surface area (Å²) < 4.78 is 0. The topological polar surface area (TPSA) is 32.3 Å². The molecular weight excluding hydrogens is 256 g/mol. The summed E-state index contributed by atoms with van der Waals surface area (Å²) in [6.07, 6.45) is 5.20. The van der Waals surface area contributed by atoms with Crippen LogP contribution >= 0.6 is 24.2 Å². The van der Waals surface area contributed by atoms with E-state index in [1.807, 2.05) is 23.7 Å². The second kappa shape index (κ2) is 9.06. The van der Waals surface area contributed by atoms with Crippen molar-refractivity contribution in [2.45, 2.75) is 32.2 Å². The van der Waals surface area contributed by atoms with E-state index in [2.05, 4.69) is 18.5 Å². The highest BCUT2D eigenvalue weighted by atomic mass is 35.5. The predicted molar refractivity (Wildman–Crippen MR) is 78.1 cm³/mol. The molecule has 1 aliphatic rings. The van der Waals surface area contributed by atoms with E-state index in [9.17, 15) is 4.79 Å². The quantitative estimate of drug-likeness (QED) is 0.836. The van der Waals surface area contributed by atoms with Gasteiger partial charge in [-0.15, -0.1) is 12.4 Å². The Labute approximate surface area is 115 Å². The van der Waals surface area contributed by atoms with E-state index in [0.29, 0.717) is 11.9 Å². The summed E-state index contributed by atoms with van der Waals surface area (Å²) in [6, 6.07) is 0.370. The molecule has 5 heteroatoms. The van der Waals surface area contributed by atoms with Crippen LogP contribution in [0.3, 0.4) is 0 Å². The molecule has 0 aromatic heterocycles. The highest BCUT2D eigenvalue weighted by Gasteiger charge is 2.25. The Morgan fingerprint density at radius 1 is 1.47 bits per heavy atom. The molecule has 0 aromatic rings. The number of amides is 1. The number of thioether (sulfide) groups is 1. The van der Waals surface area contributed by atoms with Crippen LogP contribution in [0.1, 0.15) is 26.2 Å². The van der Waals surface area contributed by atoms with Gasteiger partial charge < -0.3 is 10.2 Å². The highest BCUT2D eigenvalue weighted by Crippen LogP contribution is 2.17. The molecule has 1 saturated heterocycles. The summed E-state index contributed by atoms with van der Waals surface area (Å²) in [5.41, 5.74) is 0. The molecule has 0 saturated carbocycles. The average molecular weight is 281 g/mol. The molecule has 1 N–H and O–H groups in total. The van der Waals surface area contributed by atoms with Crippen LogP contribution in [-0.4, -0.2) is 49.0 Å². The number of rotatable bonds is 5. The standard InChI is InChI=1S/C12H24N2OS.ClH/c1-10(6-9-16-3)14(2)12(15)11-4-7-13-8-5-11;/h10-11,13H,4-9H2,1-3H3;1H. The highest BCUT2D eigenvalue weighted by molar-refractivity contribution is 7.98. The van der Waals surface area contributed by atoms with Gasteiger partial charge in [0.25, 0.3) is 0 Å². The van der Waals surface area contributed by atoms with Crippen LogP contribution in [0.25, 0.3) is 0 Å². The average Bonchev–Trinajstić information content (AvgIpc) is 2.35. The van der Waals surface area contributed by atoms with Gasteiger partial charge in [0.1, 0.15) is 0 Å². The maximum atomic E-state index is 12.2. The number of nitrogens with zero attached hydrogens (tertiary/aromatic N) is 1. The van der Waals surface area contributed by atoms with E-state index >= 15 is 0 Å². The first-order valence-electron chi connectivity index (χ1n) is 6.13. The van der Waals surface area contributed by atoms with Gasteiger partial charge in [-0.05, 0) is 51.3 Å². The molecule has 17 heavy (non-hydrogen) atoms. The Kier molecular flexibility index (Phi) is 9.10. The Hall–Kier alpha value is 0.0700. The van der Waals surface area contributed by atoms with Crippen molar-refractivity contribution in [3.8, 4) is 0 Å². The van der Waals surface area contributed by atoms with E-state index in [4.69, 9.17) is 0 Å². The number of carbonyl (C=O) groups excluding carboxylic acids is 1. The van der Waals surface area contributed by atoms with E-state index in [0.717, 1.165) is 38.1 Å². The lowest BCUT2D eigenvalue weighted by molar-refractivity contribution is -0.136. The molecule has 0 aliphatic carbocycles. The monoisotopic (exact) mass is 280 g/mol. The SMILES string of the molecule is CSCCC(C)N(C)C(=O)C1CCNCC1.Cl. The summed E-state index contributed by atoms with van der Waals surface area (Å²) >= 11 is 1.85. The molecule has 0 bridgehead atoms. The van der Waals surface area contributed by atoms with Crippen LogP contribution in [0.2, 0.25) is 0 Å². The van der Waals surface area contributed by atoms with Crippen molar-refractivity contribution in [2.24, 2.45) is 5.92 Å². The van der Waals surface area contributed by atoms with Gasteiger partial charge in [0.05, 0.1) is 0 Å². The Morgan fingerprint density at radius 3 is 2.59 bits per heavy atom. The van der Waals surface area contributed by atoms with Crippen LogP contribution in [0.5, 0.6) is 0 Å². The maximum absolute atomic E-state index is 12.2. The predicted octanol–water partition coefficient (Wildman–Crippen LogP) is 2.01.